The van der Waals surface area contributed by atoms with Crippen molar-refractivity contribution in [1.29, 1.82) is 0 Å². The van der Waals surface area contributed by atoms with Crippen LogP contribution in [0.3, 0.4) is 0 Å². The predicted octanol–water partition coefficient (Wildman–Crippen LogP) is 9.05. The van der Waals surface area contributed by atoms with E-state index in [1.165, 1.54) is 48.5 Å². The van der Waals surface area contributed by atoms with Crippen LogP contribution in [0.4, 0.5) is 0 Å². The number of rotatable bonds is 0. The molecule has 0 unspecified atom stereocenters. The van der Waals surface area contributed by atoms with Crippen molar-refractivity contribution in [2.24, 2.45) is 0 Å². The zero-order valence-electron chi connectivity index (χ0n) is 22.6. The number of halogens is 4. The second-order valence-corrected chi connectivity index (χ2v) is 12.2. The van der Waals surface area contributed by atoms with Crippen molar-refractivity contribution >= 4 is 50.7 Å². The smallest absolute Gasteiger partial charge is 0.210 e. The summed E-state index contributed by atoms with van der Waals surface area (Å²) in [7, 11) is 0. The summed E-state index contributed by atoms with van der Waals surface area (Å²) in [6, 6.07) is 11.2. The lowest BCUT2D eigenvalue weighted by atomic mass is 10.1. The Hall–Kier alpha value is -3.89. The molecule has 8 rings (SSSR count). The monoisotopic (exact) mass is 720 g/mol. The van der Waals surface area contributed by atoms with Gasteiger partial charge >= 0.3 is 0 Å². The molecule has 0 spiro atoms. The van der Waals surface area contributed by atoms with Crippen LogP contribution in [0.2, 0.25) is 5.02 Å². The van der Waals surface area contributed by atoms with E-state index < -0.39 is 0 Å². The lowest BCUT2D eigenvalue weighted by molar-refractivity contribution is 0.373. The quantitative estimate of drug-likeness (QED) is 0.106. The number of ether oxygens (including phenoxy) is 2. The lowest BCUT2D eigenvalue weighted by Crippen LogP contribution is -1.95. The first kappa shape index (κ1) is 31.5. The van der Waals surface area contributed by atoms with Crippen molar-refractivity contribution in [3.8, 4) is 57.5 Å². The highest BCUT2D eigenvalue weighted by molar-refractivity contribution is 9.10. The zero-order valence-corrected chi connectivity index (χ0v) is 26.5. The Bertz CT molecular complexity index is 1660. The Labute approximate surface area is 275 Å². The van der Waals surface area contributed by atoms with Crippen molar-refractivity contribution in [3.05, 3.63) is 102 Å². The van der Waals surface area contributed by atoms with Gasteiger partial charge in [0.05, 0.1) is 9.50 Å². The fraction of sp³-hybridized carbons (Fsp3) is 0.125. The molecular formula is C32H24BrCl3O8. The molecule has 8 nitrogen and oxygen atoms in total. The number of allylic oxidation sites excluding steroid dienone is 4. The van der Waals surface area contributed by atoms with E-state index in [0.717, 1.165) is 0 Å². The molecule has 0 saturated carbocycles. The Morgan fingerprint density at radius 1 is 0.523 bits per heavy atom. The SMILES string of the molecule is Oc1cc(Br)c2cc1C/C=C(\Cl)Cc1cc(O)c(c(O)c1)Oc1cc(c(O)cc1Cl)C/C=C(/Cl)Cc1cc(O)c(c(O)c1)O2. The minimum atomic E-state index is -0.364. The first-order valence-electron chi connectivity index (χ1n) is 13.0. The number of benzene rings is 4. The number of hydrogen-bond acceptors (Lipinski definition) is 8. The van der Waals surface area contributed by atoms with Gasteiger partial charge in [-0.05, 0) is 82.4 Å². The van der Waals surface area contributed by atoms with Crippen molar-refractivity contribution < 1.29 is 40.1 Å². The second kappa shape index (κ2) is 13.0. The van der Waals surface area contributed by atoms with Crippen LogP contribution in [0.15, 0.2) is 75.2 Å². The summed E-state index contributed by atoms with van der Waals surface area (Å²) in [5.74, 6) is -1.75. The standard InChI is InChI=1S/C32H24BrCl3O8/c33-21-13-23(37)17-1-3-19(34)6-16-9-27(41)32(28(42)10-16)44-30-12-18(24(38)14-22(30)36)2-4-20(35)5-15-7-25(39)31(26(40)8-15)43-29(21)11-17/h3-4,7-14,37-42H,1-2,5-6H2/b19-3-,20-4+. The minimum absolute atomic E-state index is 0.0317. The average molecular weight is 723 g/mol. The van der Waals surface area contributed by atoms with Gasteiger partial charge in [0.1, 0.15) is 23.0 Å². The molecule has 0 radical (unpaired) electrons. The second-order valence-electron chi connectivity index (χ2n) is 10.0. The highest BCUT2D eigenvalue weighted by Gasteiger charge is 2.19. The maximum absolute atomic E-state index is 10.7. The summed E-state index contributed by atoms with van der Waals surface area (Å²) >= 11 is 22.6. The van der Waals surface area contributed by atoms with E-state index in [1.54, 1.807) is 12.2 Å². The maximum atomic E-state index is 10.7. The minimum Gasteiger partial charge on any atom is -0.508 e. The van der Waals surface area contributed by atoms with Crippen LogP contribution in [0.25, 0.3) is 0 Å². The fourth-order valence-corrected chi connectivity index (χ4v) is 5.64. The van der Waals surface area contributed by atoms with Crippen molar-refractivity contribution in [3.63, 3.8) is 0 Å². The summed E-state index contributed by atoms with van der Waals surface area (Å²) in [6.45, 7) is 0. The predicted molar refractivity (Wildman–Crippen MR) is 171 cm³/mol. The Balaban J connectivity index is 1.58. The maximum Gasteiger partial charge on any atom is 0.210 e. The molecule has 44 heavy (non-hydrogen) atoms. The Kier molecular flexibility index (Phi) is 9.31. The molecule has 4 aliphatic heterocycles. The van der Waals surface area contributed by atoms with Crippen LogP contribution in [-0.2, 0) is 25.7 Å². The molecule has 8 bridgehead atoms. The molecule has 228 valence electrons. The van der Waals surface area contributed by atoms with Crippen LogP contribution in [0.5, 0.6) is 57.5 Å². The summed E-state index contributed by atoms with van der Waals surface area (Å²) in [6.07, 6.45) is 3.86. The van der Waals surface area contributed by atoms with E-state index in [0.29, 0.717) is 36.8 Å². The van der Waals surface area contributed by atoms with Crippen LogP contribution in [0.1, 0.15) is 22.3 Å². The molecule has 4 aromatic rings. The average Bonchev–Trinajstić information content (AvgIpc) is 2.93. The summed E-state index contributed by atoms with van der Waals surface area (Å²) in [4.78, 5) is 0. The lowest BCUT2D eigenvalue weighted by Gasteiger charge is -2.15. The van der Waals surface area contributed by atoms with Gasteiger partial charge in [-0.2, -0.15) is 0 Å². The Morgan fingerprint density at radius 2 is 0.932 bits per heavy atom. The number of phenolic OH excluding ortho intramolecular Hbond substituents is 6. The van der Waals surface area contributed by atoms with E-state index in [9.17, 15) is 30.6 Å². The van der Waals surface area contributed by atoms with Gasteiger partial charge in [-0.1, -0.05) is 47.0 Å². The third kappa shape index (κ3) is 7.08. The van der Waals surface area contributed by atoms with Gasteiger partial charge in [0.25, 0.3) is 0 Å². The van der Waals surface area contributed by atoms with Gasteiger partial charge in [-0.25, -0.2) is 0 Å². The molecule has 0 saturated heterocycles. The molecule has 4 aromatic carbocycles. The summed E-state index contributed by atoms with van der Waals surface area (Å²) in [5, 5.41) is 64.5. The van der Waals surface area contributed by atoms with Gasteiger partial charge in [-0.15, -0.1) is 0 Å². The summed E-state index contributed by atoms with van der Waals surface area (Å²) in [5.41, 5.74) is 1.77. The third-order valence-corrected chi connectivity index (χ3v) is 8.23. The number of aromatic hydroxyl groups is 6. The van der Waals surface area contributed by atoms with Gasteiger partial charge in [0.2, 0.25) is 11.5 Å². The molecule has 0 fully saturated rings. The van der Waals surface area contributed by atoms with Crippen LogP contribution >= 0.6 is 50.7 Å². The number of phenols is 6. The van der Waals surface area contributed by atoms with Crippen LogP contribution < -0.4 is 9.47 Å². The first-order valence-corrected chi connectivity index (χ1v) is 15.0. The topological polar surface area (TPSA) is 140 Å². The van der Waals surface area contributed by atoms with Crippen LogP contribution in [-0.4, -0.2) is 30.6 Å². The molecule has 0 amide bonds. The highest BCUT2D eigenvalue weighted by Crippen LogP contribution is 2.45. The van der Waals surface area contributed by atoms with Crippen molar-refractivity contribution in [1.82, 2.24) is 0 Å². The van der Waals surface area contributed by atoms with E-state index in [4.69, 9.17) is 44.3 Å². The van der Waals surface area contributed by atoms with E-state index in [-0.39, 0.29) is 88.2 Å². The largest absolute Gasteiger partial charge is 0.508 e. The number of hydrogen-bond donors (Lipinski definition) is 6. The van der Waals surface area contributed by atoms with E-state index in [1.807, 2.05) is 0 Å². The van der Waals surface area contributed by atoms with Crippen molar-refractivity contribution in [2.45, 2.75) is 25.7 Å². The van der Waals surface area contributed by atoms with Gasteiger partial charge < -0.3 is 40.1 Å². The van der Waals surface area contributed by atoms with Crippen molar-refractivity contribution in [2.75, 3.05) is 0 Å². The van der Waals surface area contributed by atoms with E-state index in [2.05, 4.69) is 15.9 Å². The fourth-order valence-electron chi connectivity index (χ4n) is 4.57. The molecule has 0 aromatic heterocycles. The van der Waals surface area contributed by atoms with Gasteiger partial charge in [-0.3, -0.25) is 0 Å². The van der Waals surface area contributed by atoms with E-state index >= 15 is 0 Å². The molecule has 4 heterocycles. The molecule has 6 N–H and O–H groups in total. The molecule has 12 heteroatoms. The molecule has 0 aliphatic carbocycles. The van der Waals surface area contributed by atoms with Crippen LogP contribution in [0, 0.1) is 0 Å². The Morgan fingerprint density at radius 3 is 1.41 bits per heavy atom. The normalized spacial score (nSPS) is 16.2. The first-order chi connectivity index (χ1) is 20.9. The molecule has 4 aliphatic rings. The molecule has 0 atom stereocenters. The molecular weight excluding hydrogens is 699 g/mol. The summed E-state index contributed by atoms with van der Waals surface area (Å²) < 4.78 is 12.0. The zero-order chi connectivity index (χ0) is 31.7. The van der Waals surface area contributed by atoms with Gasteiger partial charge in [0.15, 0.2) is 23.0 Å². The third-order valence-electron chi connectivity index (χ3n) is 6.74. The van der Waals surface area contributed by atoms with Gasteiger partial charge in [0, 0.05) is 40.1 Å². The highest BCUT2D eigenvalue weighted by atomic mass is 79.9.